The molecule has 0 aliphatic carbocycles. The molecule has 0 radical (unpaired) electrons. The molecule has 23 heavy (non-hydrogen) atoms. The second-order valence-electron chi connectivity index (χ2n) is 4.77. The van der Waals surface area contributed by atoms with Crippen LogP contribution in [0.4, 0.5) is 4.39 Å². The summed E-state index contributed by atoms with van der Waals surface area (Å²) in [4.78, 5) is 21.5. The van der Waals surface area contributed by atoms with Crippen molar-refractivity contribution in [1.29, 1.82) is 0 Å². The van der Waals surface area contributed by atoms with E-state index in [0.717, 1.165) is 0 Å². The molecule has 0 saturated heterocycles. The first-order chi connectivity index (χ1) is 11.0. The summed E-state index contributed by atoms with van der Waals surface area (Å²) in [6.45, 7) is 0.295. The Balaban J connectivity index is 2.52. The standard InChI is InChI=1S/C17H20FNO4/c1-22-16(21)11-3-2-7-13-8-6-9-14(17(13)18)23-12-5-4-10-15(19)20/h6,8-9H,3-5,10-12H2,1H3,(H2,19,20). The van der Waals surface area contributed by atoms with Gasteiger partial charge in [0.25, 0.3) is 0 Å². The van der Waals surface area contributed by atoms with Crippen LogP contribution >= 0.6 is 0 Å². The number of carbonyl (C=O) groups excluding carboxylic acids is 2. The lowest BCUT2D eigenvalue weighted by molar-refractivity contribution is -0.140. The number of halogens is 1. The Bertz CT molecular complexity index is 604. The number of ether oxygens (including phenoxy) is 2. The van der Waals surface area contributed by atoms with E-state index in [1.165, 1.54) is 13.2 Å². The van der Waals surface area contributed by atoms with Gasteiger partial charge in [0.1, 0.15) is 0 Å². The molecule has 1 amide bonds. The Hall–Kier alpha value is -2.55. The fourth-order valence-corrected chi connectivity index (χ4v) is 1.73. The van der Waals surface area contributed by atoms with Crippen LogP contribution in [-0.4, -0.2) is 25.6 Å². The van der Waals surface area contributed by atoms with Crippen molar-refractivity contribution in [3.8, 4) is 17.6 Å². The molecule has 0 saturated carbocycles. The first-order valence-corrected chi connectivity index (χ1v) is 7.30. The summed E-state index contributed by atoms with van der Waals surface area (Å²) in [6, 6.07) is 4.70. The van der Waals surface area contributed by atoms with Crippen LogP contribution in [0.5, 0.6) is 5.75 Å². The Morgan fingerprint density at radius 1 is 1.26 bits per heavy atom. The average Bonchev–Trinajstić information content (AvgIpc) is 2.53. The van der Waals surface area contributed by atoms with Gasteiger partial charge in [-0.05, 0) is 25.0 Å². The summed E-state index contributed by atoms with van der Waals surface area (Å²) in [7, 11) is 1.31. The highest BCUT2D eigenvalue weighted by molar-refractivity contribution is 5.73. The van der Waals surface area contributed by atoms with Gasteiger partial charge in [0, 0.05) is 12.8 Å². The number of hydrogen-bond acceptors (Lipinski definition) is 4. The van der Waals surface area contributed by atoms with Crippen molar-refractivity contribution in [3.63, 3.8) is 0 Å². The maximum Gasteiger partial charge on any atom is 0.306 e. The van der Waals surface area contributed by atoms with Crippen LogP contribution < -0.4 is 10.5 Å². The number of hydrogen-bond donors (Lipinski definition) is 1. The third-order valence-corrected chi connectivity index (χ3v) is 2.94. The van der Waals surface area contributed by atoms with E-state index in [4.69, 9.17) is 10.5 Å². The van der Waals surface area contributed by atoms with E-state index in [1.54, 1.807) is 12.1 Å². The highest BCUT2D eigenvalue weighted by atomic mass is 19.1. The lowest BCUT2D eigenvalue weighted by atomic mass is 10.2. The molecule has 0 atom stereocenters. The number of benzene rings is 1. The van der Waals surface area contributed by atoms with E-state index in [9.17, 15) is 14.0 Å². The van der Waals surface area contributed by atoms with E-state index >= 15 is 0 Å². The average molecular weight is 321 g/mol. The molecule has 0 unspecified atom stereocenters. The zero-order valence-corrected chi connectivity index (χ0v) is 13.1. The van der Waals surface area contributed by atoms with Gasteiger partial charge >= 0.3 is 5.97 Å². The van der Waals surface area contributed by atoms with Crippen LogP contribution in [0.1, 0.15) is 37.7 Å². The second-order valence-corrected chi connectivity index (χ2v) is 4.77. The molecule has 0 aliphatic heterocycles. The van der Waals surface area contributed by atoms with E-state index in [1.807, 2.05) is 0 Å². The summed E-state index contributed by atoms with van der Waals surface area (Å²) in [5.74, 6) is 4.27. The van der Waals surface area contributed by atoms with Gasteiger partial charge in [0.05, 0.1) is 25.7 Å². The van der Waals surface area contributed by atoms with Gasteiger partial charge in [-0.3, -0.25) is 9.59 Å². The zero-order chi connectivity index (χ0) is 17.1. The van der Waals surface area contributed by atoms with Crippen molar-refractivity contribution in [2.45, 2.75) is 32.1 Å². The molecular formula is C17H20FNO4. The van der Waals surface area contributed by atoms with Gasteiger partial charge in [-0.15, -0.1) is 0 Å². The Morgan fingerprint density at radius 3 is 2.74 bits per heavy atom. The normalized spacial score (nSPS) is 9.65. The van der Waals surface area contributed by atoms with Gasteiger partial charge in [-0.1, -0.05) is 17.9 Å². The van der Waals surface area contributed by atoms with Gasteiger partial charge < -0.3 is 15.2 Å². The second kappa shape index (κ2) is 10.2. The lowest BCUT2D eigenvalue weighted by Gasteiger charge is -2.07. The smallest absolute Gasteiger partial charge is 0.306 e. The van der Waals surface area contributed by atoms with Gasteiger partial charge in [-0.2, -0.15) is 0 Å². The van der Waals surface area contributed by atoms with E-state index in [-0.39, 0.29) is 36.0 Å². The fourth-order valence-electron chi connectivity index (χ4n) is 1.73. The first-order valence-electron chi connectivity index (χ1n) is 7.30. The van der Waals surface area contributed by atoms with E-state index in [2.05, 4.69) is 16.6 Å². The molecule has 0 spiro atoms. The largest absolute Gasteiger partial charge is 0.490 e. The molecule has 5 nitrogen and oxygen atoms in total. The molecule has 6 heteroatoms. The molecule has 0 aromatic heterocycles. The third kappa shape index (κ3) is 7.32. The predicted molar refractivity (Wildman–Crippen MR) is 83.1 cm³/mol. The molecular weight excluding hydrogens is 301 g/mol. The Kier molecular flexibility index (Phi) is 8.22. The minimum Gasteiger partial charge on any atom is -0.490 e. The van der Waals surface area contributed by atoms with Crippen molar-refractivity contribution in [3.05, 3.63) is 29.6 Å². The fraction of sp³-hybridized carbons (Fsp3) is 0.412. The number of unbranched alkanes of at least 4 members (excludes halogenated alkanes) is 1. The van der Waals surface area contributed by atoms with Gasteiger partial charge in [0.15, 0.2) is 11.6 Å². The van der Waals surface area contributed by atoms with Crippen LogP contribution in [0.2, 0.25) is 0 Å². The van der Waals surface area contributed by atoms with Crippen LogP contribution in [0.15, 0.2) is 18.2 Å². The summed E-state index contributed by atoms with van der Waals surface area (Å²) < 4.78 is 24.0. The molecule has 0 bridgehead atoms. The lowest BCUT2D eigenvalue weighted by Crippen LogP contribution is -2.10. The molecule has 0 aliphatic rings. The number of methoxy groups -OCH3 is 1. The topological polar surface area (TPSA) is 78.6 Å². The highest BCUT2D eigenvalue weighted by Gasteiger charge is 2.07. The summed E-state index contributed by atoms with van der Waals surface area (Å²) in [5.41, 5.74) is 5.24. The number of carbonyl (C=O) groups is 2. The number of esters is 1. The molecule has 2 N–H and O–H groups in total. The monoisotopic (exact) mass is 321 g/mol. The van der Waals surface area contributed by atoms with Gasteiger partial charge in [0.2, 0.25) is 5.91 Å². The number of amides is 1. The number of rotatable bonds is 8. The Labute approximate surface area is 135 Å². The van der Waals surface area contributed by atoms with Crippen LogP contribution in [-0.2, 0) is 14.3 Å². The van der Waals surface area contributed by atoms with Crippen molar-refractivity contribution in [2.24, 2.45) is 5.73 Å². The predicted octanol–water partition coefficient (Wildman–Crippen LogP) is 2.16. The van der Waals surface area contributed by atoms with E-state index < -0.39 is 5.82 Å². The summed E-state index contributed by atoms with van der Waals surface area (Å²) in [5, 5.41) is 0. The Morgan fingerprint density at radius 2 is 2.04 bits per heavy atom. The van der Waals surface area contributed by atoms with Crippen molar-refractivity contribution < 1.29 is 23.5 Å². The quantitative estimate of drug-likeness (QED) is 0.452. The van der Waals surface area contributed by atoms with Crippen molar-refractivity contribution in [1.82, 2.24) is 0 Å². The maximum absolute atomic E-state index is 14.2. The molecule has 124 valence electrons. The molecule has 0 heterocycles. The number of primary amides is 1. The molecule has 0 fully saturated rings. The van der Waals surface area contributed by atoms with Crippen molar-refractivity contribution in [2.75, 3.05) is 13.7 Å². The minimum atomic E-state index is -0.534. The van der Waals surface area contributed by atoms with Crippen LogP contribution in [0, 0.1) is 17.7 Å². The van der Waals surface area contributed by atoms with Crippen LogP contribution in [0.25, 0.3) is 0 Å². The summed E-state index contributed by atoms with van der Waals surface area (Å²) in [6.07, 6.45) is 1.96. The molecule has 1 rings (SSSR count). The zero-order valence-electron chi connectivity index (χ0n) is 13.1. The third-order valence-electron chi connectivity index (χ3n) is 2.94. The molecule has 1 aromatic carbocycles. The van der Waals surface area contributed by atoms with Crippen LogP contribution in [0.3, 0.4) is 0 Å². The number of nitrogens with two attached hydrogens (primary N) is 1. The van der Waals surface area contributed by atoms with Crippen molar-refractivity contribution >= 4 is 11.9 Å². The minimum absolute atomic E-state index is 0.115. The van der Waals surface area contributed by atoms with E-state index in [0.29, 0.717) is 25.9 Å². The SMILES string of the molecule is COC(=O)CCC#Cc1cccc(OCCCCC(N)=O)c1F. The highest BCUT2D eigenvalue weighted by Crippen LogP contribution is 2.20. The molecule has 1 aromatic rings. The maximum atomic E-state index is 14.2. The van der Waals surface area contributed by atoms with Gasteiger partial charge in [-0.25, -0.2) is 4.39 Å². The first kappa shape index (κ1) is 18.5. The summed E-state index contributed by atoms with van der Waals surface area (Å²) >= 11 is 0.